The van der Waals surface area contributed by atoms with Crippen molar-refractivity contribution in [2.75, 3.05) is 0 Å². The van der Waals surface area contributed by atoms with Gasteiger partial charge in [-0.3, -0.25) is 0 Å². The molecule has 2 nitrogen and oxygen atoms in total. The lowest BCUT2D eigenvalue weighted by Gasteiger charge is -1.88. The Morgan fingerprint density at radius 2 is 1.93 bits per heavy atom. The Kier molecular flexibility index (Phi) is 1.47. The molecule has 0 amide bonds. The van der Waals surface area contributed by atoms with Crippen LogP contribution < -0.4 is 0 Å². The Morgan fingerprint density at radius 1 is 1.00 bits per heavy atom. The molecule has 2 heteroatoms. The van der Waals surface area contributed by atoms with Crippen LogP contribution in [0.3, 0.4) is 0 Å². The van der Waals surface area contributed by atoms with Gasteiger partial charge in [-0.15, -0.1) is 0 Å². The van der Waals surface area contributed by atoms with Gasteiger partial charge in [0.1, 0.15) is 0 Å². The number of aromatic amines is 2. The summed E-state index contributed by atoms with van der Waals surface area (Å²) < 4.78 is 0. The van der Waals surface area contributed by atoms with Crippen molar-refractivity contribution in [1.29, 1.82) is 0 Å². The van der Waals surface area contributed by atoms with Gasteiger partial charge in [-0.2, -0.15) is 0 Å². The molecule has 0 atom stereocenters. The zero-order valence-corrected chi connectivity index (χ0v) is 7.62. The third-order valence-corrected chi connectivity index (χ3v) is 2.44. The van der Waals surface area contributed by atoms with Crippen LogP contribution in [0.2, 0.25) is 0 Å². The zero-order chi connectivity index (χ0) is 9.38. The highest BCUT2D eigenvalue weighted by Crippen LogP contribution is 2.23. The maximum absolute atomic E-state index is 3.38. The molecule has 2 N–H and O–H groups in total. The van der Waals surface area contributed by atoms with Crippen molar-refractivity contribution in [2.45, 2.75) is 0 Å². The van der Waals surface area contributed by atoms with Crippen LogP contribution in [0.25, 0.3) is 22.2 Å². The second kappa shape index (κ2) is 2.77. The Labute approximate surface area is 81.6 Å². The average Bonchev–Trinajstić information content (AvgIpc) is 2.86. The number of hydrogen-bond donors (Lipinski definition) is 2. The van der Waals surface area contributed by atoms with Gasteiger partial charge in [0.15, 0.2) is 0 Å². The number of aromatic nitrogens is 2. The Bertz CT molecular complexity index is 513. The van der Waals surface area contributed by atoms with Gasteiger partial charge in [0.05, 0.1) is 0 Å². The number of nitrogens with one attached hydrogen (secondary N) is 2. The molecule has 0 aliphatic heterocycles. The lowest BCUT2D eigenvalue weighted by atomic mass is 10.2. The summed E-state index contributed by atoms with van der Waals surface area (Å²) in [7, 11) is 0. The lowest BCUT2D eigenvalue weighted by molar-refractivity contribution is 1.40. The topological polar surface area (TPSA) is 31.6 Å². The maximum atomic E-state index is 3.38. The van der Waals surface area contributed by atoms with E-state index in [1.807, 2.05) is 18.5 Å². The number of para-hydroxylation sites is 1. The van der Waals surface area contributed by atoms with Crippen LogP contribution in [0.5, 0.6) is 0 Å². The predicted octanol–water partition coefficient (Wildman–Crippen LogP) is 3.16. The summed E-state index contributed by atoms with van der Waals surface area (Å²) in [6.45, 7) is 0. The Morgan fingerprint density at radius 3 is 2.71 bits per heavy atom. The molecule has 0 aliphatic carbocycles. The van der Waals surface area contributed by atoms with Gasteiger partial charge < -0.3 is 9.97 Å². The van der Waals surface area contributed by atoms with Gasteiger partial charge >= 0.3 is 0 Å². The van der Waals surface area contributed by atoms with Crippen molar-refractivity contribution < 1.29 is 0 Å². The molecule has 0 fully saturated rings. The van der Waals surface area contributed by atoms with Crippen molar-refractivity contribution in [3.63, 3.8) is 0 Å². The highest BCUT2D eigenvalue weighted by Gasteiger charge is 2.01. The molecule has 0 saturated heterocycles. The molecular weight excluding hydrogens is 172 g/mol. The summed E-state index contributed by atoms with van der Waals surface area (Å²) in [5, 5.41) is 1.25. The van der Waals surface area contributed by atoms with Crippen molar-refractivity contribution in [2.24, 2.45) is 0 Å². The molecule has 0 saturated carbocycles. The molecule has 14 heavy (non-hydrogen) atoms. The highest BCUT2D eigenvalue weighted by molar-refractivity contribution is 5.85. The van der Waals surface area contributed by atoms with Crippen LogP contribution in [0.15, 0.2) is 48.8 Å². The number of H-pyrrole nitrogens is 2. The summed E-state index contributed by atoms with van der Waals surface area (Å²) >= 11 is 0. The van der Waals surface area contributed by atoms with Gasteiger partial charge in [0.25, 0.3) is 0 Å². The first-order valence-electron chi connectivity index (χ1n) is 4.64. The summed E-state index contributed by atoms with van der Waals surface area (Å²) in [4.78, 5) is 6.43. The molecule has 0 aliphatic rings. The molecule has 0 bridgehead atoms. The van der Waals surface area contributed by atoms with Crippen molar-refractivity contribution in [3.8, 4) is 11.3 Å². The fraction of sp³-hybridized carbons (Fsp3) is 0. The van der Waals surface area contributed by atoms with Gasteiger partial charge in [0, 0.05) is 34.6 Å². The first-order valence-corrected chi connectivity index (χ1v) is 4.64. The van der Waals surface area contributed by atoms with Gasteiger partial charge in [-0.1, -0.05) is 18.2 Å². The van der Waals surface area contributed by atoms with Gasteiger partial charge in [0.2, 0.25) is 0 Å². The normalized spacial score (nSPS) is 10.9. The number of rotatable bonds is 1. The first-order chi connectivity index (χ1) is 6.93. The van der Waals surface area contributed by atoms with E-state index >= 15 is 0 Å². The van der Waals surface area contributed by atoms with E-state index in [1.165, 1.54) is 16.5 Å². The van der Waals surface area contributed by atoms with E-state index < -0.39 is 0 Å². The molecule has 0 spiro atoms. The summed E-state index contributed by atoms with van der Waals surface area (Å²) in [6.07, 6.45) is 3.92. The standard InChI is InChI=1S/C12H10N2/c1-2-4-11-9(3-1)7-12(14-11)10-5-6-13-8-10/h1-8,13-14H. The maximum Gasteiger partial charge on any atom is 0.0480 e. The quantitative estimate of drug-likeness (QED) is 0.579. The minimum absolute atomic E-state index is 1.16. The second-order valence-corrected chi connectivity index (χ2v) is 3.37. The lowest BCUT2D eigenvalue weighted by Crippen LogP contribution is -1.70. The van der Waals surface area contributed by atoms with Crippen molar-refractivity contribution in [3.05, 3.63) is 48.8 Å². The van der Waals surface area contributed by atoms with E-state index in [9.17, 15) is 0 Å². The molecule has 1 aromatic carbocycles. The molecule has 0 unspecified atom stereocenters. The smallest absolute Gasteiger partial charge is 0.0480 e. The highest BCUT2D eigenvalue weighted by atomic mass is 14.7. The molecule has 0 radical (unpaired) electrons. The van der Waals surface area contributed by atoms with Crippen molar-refractivity contribution in [1.82, 2.24) is 9.97 Å². The summed E-state index contributed by atoms with van der Waals surface area (Å²) in [6, 6.07) is 12.5. The first kappa shape index (κ1) is 7.44. The summed E-state index contributed by atoms with van der Waals surface area (Å²) in [5.74, 6) is 0. The fourth-order valence-electron chi connectivity index (χ4n) is 1.72. The number of hydrogen-bond acceptors (Lipinski definition) is 0. The molecule has 3 aromatic rings. The van der Waals surface area contributed by atoms with Crippen LogP contribution in [-0.4, -0.2) is 9.97 Å². The third kappa shape index (κ3) is 1.04. The third-order valence-electron chi connectivity index (χ3n) is 2.44. The molecule has 68 valence electrons. The van der Waals surface area contributed by atoms with E-state index in [4.69, 9.17) is 0 Å². The monoisotopic (exact) mass is 182 g/mol. The van der Waals surface area contributed by atoms with E-state index in [0.29, 0.717) is 0 Å². The molecule has 2 heterocycles. The van der Waals surface area contributed by atoms with Crippen LogP contribution in [-0.2, 0) is 0 Å². The molecule has 3 rings (SSSR count). The Hall–Kier alpha value is -1.96. The number of benzene rings is 1. The van der Waals surface area contributed by atoms with Crippen molar-refractivity contribution >= 4 is 10.9 Å². The van der Waals surface area contributed by atoms with E-state index in [2.05, 4.69) is 40.3 Å². The minimum atomic E-state index is 1.16. The summed E-state index contributed by atoms with van der Waals surface area (Å²) in [5.41, 5.74) is 3.54. The van der Waals surface area contributed by atoms with E-state index in [-0.39, 0.29) is 0 Å². The predicted molar refractivity (Wildman–Crippen MR) is 58.1 cm³/mol. The zero-order valence-electron chi connectivity index (χ0n) is 7.62. The van der Waals surface area contributed by atoms with Crippen LogP contribution in [0.1, 0.15) is 0 Å². The molecule has 2 aromatic heterocycles. The minimum Gasteiger partial charge on any atom is -0.367 e. The average molecular weight is 182 g/mol. The SMILES string of the molecule is c1ccc2[nH]c(-c3cc[nH]c3)cc2c1. The number of fused-ring (bicyclic) bond motifs is 1. The fourth-order valence-corrected chi connectivity index (χ4v) is 1.72. The van der Waals surface area contributed by atoms with E-state index in [0.717, 1.165) is 5.69 Å². The van der Waals surface area contributed by atoms with Gasteiger partial charge in [-0.05, 0) is 18.2 Å². The van der Waals surface area contributed by atoms with Crippen LogP contribution in [0, 0.1) is 0 Å². The van der Waals surface area contributed by atoms with Crippen LogP contribution >= 0.6 is 0 Å². The molecular formula is C12H10N2. The second-order valence-electron chi connectivity index (χ2n) is 3.37. The van der Waals surface area contributed by atoms with Gasteiger partial charge in [-0.25, -0.2) is 0 Å². The largest absolute Gasteiger partial charge is 0.367 e. The van der Waals surface area contributed by atoms with Crippen LogP contribution in [0.4, 0.5) is 0 Å². The van der Waals surface area contributed by atoms with E-state index in [1.54, 1.807) is 0 Å². The Balaban J connectivity index is 2.24.